The van der Waals surface area contributed by atoms with Gasteiger partial charge in [-0.25, -0.2) is 4.98 Å². The molecule has 310 valence electrons. The van der Waals surface area contributed by atoms with Gasteiger partial charge >= 0.3 is 0 Å². The molecule has 5 N–H and O–H groups in total. The van der Waals surface area contributed by atoms with Crippen molar-refractivity contribution in [3.05, 3.63) is 70.9 Å². The summed E-state index contributed by atoms with van der Waals surface area (Å²) < 4.78 is 0. The lowest BCUT2D eigenvalue weighted by atomic mass is 9.85. The lowest BCUT2D eigenvalue weighted by molar-refractivity contribution is -0.144. The fourth-order valence-electron chi connectivity index (χ4n) is 7.42. The first-order valence-corrected chi connectivity index (χ1v) is 21.3. The molecule has 14 heteroatoms. The quantitative estimate of drug-likeness (QED) is 0.121. The van der Waals surface area contributed by atoms with Crippen LogP contribution in [0.25, 0.3) is 10.4 Å². The highest BCUT2D eigenvalue weighted by Crippen LogP contribution is 2.28. The lowest BCUT2D eigenvalue weighted by Gasteiger charge is -2.36. The predicted octanol–water partition coefficient (Wildman–Crippen LogP) is 3.60. The molecule has 3 aromatic rings. The largest absolute Gasteiger partial charge is 0.391 e. The van der Waals surface area contributed by atoms with E-state index in [1.807, 2.05) is 76.7 Å². The molecular weight excluding hydrogens is 741 g/mol. The van der Waals surface area contributed by atoms with Gasteiger partial charge in [0, 0.05) is 83.0 Å². The number of likely N-dealkylation sites (tertiary alicyclic amines) is 1. The Kier molecular flexibility index (Phi) is 16.0. The fraction of sp³-hybridized carbons (Fsp3) is 0.558. The molecule has 0 aliphatic carbocycles. The van der Waals surface area contributed by atoms with Gasteiger partial charge in [0.1, 0.15) is 12.1 Å². The van der Waals surface area contributed by atoms with Crippen LogP contribution >= 0.6 is 11.3 Å². The number of carbonyl (C=O) groups excluding carboxylic acids is 4. The van der Waals surface area contributed by atoms with Crippen molar-refractivity contribution in [3.63, 3.8) is 0 Å². The molecule has 3 heterocycles. The molecule has 3 atom stereocenters. The smallest absolute Gasteiger partial charge is 0.251 e. The number of thiazole rings is 1. The van der Waals surface area contributed by atoms with Crippen LogP contribution in [0.5, 0.6) is 0 Å². The van der Waals surface area contributed by atoms with Gasteiger partial charge in [-0.15, -0.1) is 11.3 Å². The number of aryl methyl sites for hydroxylation is 1. The summed E-state index contributed by atoms with van der Waals surface area (Å²) in [6.45, 7) is 14.6. The van der Waals surface area contributed by atoms with E-state index in [9.17, 15) is 24.3 Å². The first-order valence-electron chi connectivity index (χ1n) is 20.4. The van der Waals surface area contributed by atoms with Gasteiger partial charge in [-0.1, -0.05) is 51.5 Å². The molecule has 0 radical (unpaired) electrons. The summed E-state index contributed by atoms with van der Waals surface area (Å²) in [6, 6.07) is 14.3. The van der Waals surface area contributed by atoms with Crippen LogP contribution in [0.4, 0.5) is 5.69 Å². The van der Waals surface area contributed by atoms with Gasteiger partial charge in [-0.05, 0) is 74.0 Å². The van der Waals surface area contributed by atoms with Crippen LogP contribution in [0, 0.1) is 12.3 Å². The molecule has 2 aliphatic rings. The number of nitrogens with one attached hydrogen (secondary N) is 4. The van der Waals surface area contributed by atoms with Crippen LogP contribution in [0.3, 0.4) is 0 Å². The van der Waals surface area contributed by atoms with Crippen molar-refractivity contribution in [1.82, 2.24) is 36.1 Å². The summed E-state index contributed by atoms with van der Waals surface area (Å²) in [6.07, 6.45) is 2.22. The van der Waals surface area contributed by atoms with Crippen LogP contribution in [-0.4, -0.2) is 128 Å². The number of anilines is 1. The monoisotopic (exact) mass is 802 g/mol. The van der Waals surface area contributed by atoms with E-state index in [-0.39, 0.29) is 43.0 Å². The first-order chi connectivity index (χ1) is 27.3. The van der Waals surface area contributed by atoms with Gasteiger partial charge in [0.05, 0.1) is 22.2 Å². The highest BCUT2D eigenvalue weighted by molar-refractivity contribution is 7.13. The maximum Gasteiger partial charge on any atom is 0.251 e. The van der Waals surface area contributed by atoms with Crippen molar-refractivity contribution in [2.45, 2.75) is 84.4 Å². The Labute approximate surface area is 342 Å². The minimum atomic E-state index is -0.870. The predicted molar refractivity (Wildman–Crippen MR) is 226 cm³/mol. The minimum Gasteiger partial charge on any atom is -0.391 e. The third-order valence-electron chi connectivity index (χ3n) is 10.9. The van der Waals surface area contributed by atoms with Gasteiger partial charge in [0.2, 0.25) is 17.7 Å². The second kappa shape index (κ2) is 20.9. The highest BCUT2D eigenvalue weighted by Gasteiger charge is 2.44. The molecule has 4 amide bonds. The third-order valence-corrected chi connectivity index (χ3v) is 11.8. The number of piperazine rings is 1. The number of rotatable bonds is 18. The van der Waals surface area contributed by atoms with E-state index < -0.39 is 23.6 Å². The van der Waals surface area contributed by atoms with Crippen molar-refractivity contribution in [1.29, 1.82) is 0 Å². The number of nitrogens with zero attached hydrogens (tertiary/aromatic N) is 4. The second-order valence-corrected chi connectivity index (χ2v) is 17.2. The normalized spacial score (nSPS) is 18.0. The molecular formula is C43H62N8O5S. The van der Waals surface area contributed by atoms with Crippen molar-refractivity contribution in [2.24, 2.45) is 5.41 Å². The van der Waals surface area contributed by atoms with E-state index in [2.05, 4.69) is 48.2 Å². The molecule has 5 rings (SSSR count). The Bertz CT molecular complexity index is 1770. The standard InChI is InChI=1S/C43H62N8O5S/c1-30-38(57-29-47-30)32-12-10-31(11-13-32)18-20-46-41(55)36-27-35(52)28-51(36)42(56)39(43(2,3)4)48-37(53)9-7-6-8-19-45-40(54)33-14-16-34(17-15-33)50-25-23-49(24-26-50)22-21-44-5/h10-17,29,35-36,39,44,52H,6-9,18-28H2,1-5H3,(H,45,54)(H,46,55)(H,48,53)/t35-,36-,39+/m0/s1. The van der Waals surface area contributed by atoms with Gasteiger partial charge in [0.25, 0.3) is 5.91 Å². The Hall–Kier alpha value is -4.37. The molecule has 1 aromatic heterocycles. The molecule has 0 unspecified atom stereocenters. The molecule has 2 fully saturated rings. The van der Waals surface area contributed by atoms with Crippen molar-refractivity contribution in [3.8, 4) is 10.4 Å². The van der Waals surface area contributed by atoms with Crippen LogP contribution in [0.2, 0.25) is 0 Å². The summed E-state index contributed by atoms with van der Waals surface area (Å²) in [5, 5.41) is 22.6. The number of benzene rings is 2. The number of likely N-dealkylation sites (N-methyl/N-ethyl adjacent to an activating group) is 1. The first kappa shape index (κ1) is 43.7. The van der Waals surface area contributed by atoms with Gasteiger partial charge in [0.15, 0.2) is 0 Å². The molecule has 2 aromatic carbocycles. The zero-order valence-electron chi connectivity index (χ0n) is 34.3. The summed E-state index contributed by atoms with van der Waals surface area (Å²) in [5.74, 6) is -1.05. The second-order valence-electron chi connectivity index (χ2n) is 16.3. The number of carbonyl (C=O) groups is 4. The van der Waals surface area contributed by atoms with E-state index in [0.717, 1.165) is 79.5 Å². The van der Waals surface area contributed by atoms with Crippen molar-refractivity contribution in [2.75, 3.05) is 70.9 Å². The van der Waals surface area contributed by atoms with Crippen LogP contribution in [0.1, 0.15) is 74.5 Å². The molecule has 0 saturated carbocycles. The molecule has 13 nitrogen and oxygen atoms in total. The number of β-amino-alcohol motifs (C(OH)–C–C–N with tert-alkyl or cyclic N) is 1. The SMILES string of the molecule is CNCCN1CCN(c2ccc(C(=O)NCCCCCC(=O)N[C@H](C(=O)N3C[C@@H](O)C[C@H]3C(=O)NCCc3ccc(-c4scnc4C)cc3)C(C)(C)C)cc2)CC1. The summed E-state index contributed by atoms with van der Waals surface area (Å²) in [5.41, 5.74) is 6.14. The average Bonchev–Trinajstić information content (AvgIpc) is 3.82. The van der Waals surface area contributed by atoms with Gasteiger partial charge < -0.3 is 36.2 Å². The molecule has 0 bridgehead atoms. The molecule has 2 aliphatic heterocycles. The van der Waals surface area contributed by atoms with E-state index in [0.29, 0.717) is 31.5 Å². The van der Waals surface area contributed by atoms with Gasteiger partial charge in [-0.3, -0.25) is 24.1 Å². The van der Waals surface area contributed by atoms with Crippen molar-refractivity contribution < 1.29 is 24.3 Å². The zero-order chi connectivity index (χ0) is 41.0. The van der Waals surface area contributed by atoms with Crippen LogP contribution in [-0.2, 0) is 20.8 Å². The molecule has 2 saturated heterocycles. The van der Waals surface area contributed by atoms with E-state index >= 15 is 0 Å². The lowest BCUT2D eigenvalue weighted by Crippen LogP contribution is -2.57. The molecule has 57 heavy (non-hydrogen) atoms. The maximum atomic E-state index is 13.9. The average molecular weight is 803 g/mol. The minimum absolute atomic E-state index is 0.0302. The van der Waals surface area contributed by atoms with Crippen LogP contribution in [0.15, 0.2) is 54.0 Å². The number of hydrogen-bond acceptors (Lipinski definition) is 10. The van der Waals surface area contributed by atoms with E-state index in [1.165, 1.54) is 4.90 Å². The van der Waals surface area contributed by atoms with Gasteiger partial charge in [-0.2, -0.15) is 0 Å². The van der Waals surface area contributed by atoms with E-state index in [1.54, 1.807) is 11.3 Å². The number of unbranched alkanes of at least 4 members (excludes halogenated alkanes) is 2. The molecule has 0 spiro atoms. The number of hydrogen-bond donors (Lipinski definition) is 5. The Morgan fingerprint density at radius 2 is 1.63 bits per heavy atom. The summed E-state index contributed by atoms with van der Waals surface area (Å²) in [4.78, 5) is 64.9. The fourth-order valence-corrected chi connectivity index (χ4v) is 8.23. The number of aliphatic hydroxyl groups is 1. The Balaban J connectivity index is 1.01. The number of amides is 4. The third kappa shape index (κ3) is 12.6. The number of aromatic nitrogens is 1. The maximum absolute atomic E-state index is 13.9. The Morgan fingerprint density at radius 3 is 2.28 bits per heavy atom. The highest BCUT2D eigenvalue weighted by atomic mass is 32.1. The topological polar surface area (TPSA) is 159 Å². The number of aliphatic hydroxyl groups excluding tert-OH is 1. The summed E-state index contributed by atoms with van der Waals surface area (Å²) >= 11 is 1.61. The Morgan fingerprint density at radius 1 is 0.912 bits per heavy atom. The summed E-state index contributed by atoms with van der Waals surface area (Å²) in [7, 11) is 1.98. The zero-order valence-corrected chi connectivity index (χ0v) is 35.1. The van der Waals surface area contributed by atoms with Crippen molar-refractivity contribution >= 4 is 40.7 Å². The van der Waals surface area contributed by atoms with E-state index in [4.69, 9.17) is 0 Å². The van der Waals surface area contributed by atoms with Crippen LogP contribution < -0.4 is 26.2 Å².